The third kappa shape index (κ3) is 2.14. The maximum atomic E-state index is 3.59. The Bertz CT molecular complexity index is 503. The van der Waals surface area contributed by atoms with Gasteiger partial charge in [-0.15, -0.1) is 0 Å². The number of rotatable bonds is 2. The highest BCUT2D eigenvalue weighted by molar-refractivity contribution is 5.51. The summed E-state index contributed by atoms with van der Waals surface area (Å²) in [5.41, 5.74) is 3.96. The normalized spacial score (nSPS) is 20.1. The van der Waals surface area contributed by atoms with Gasteiger partial charge in [0.2, 0.25) is 0 Å². The molecule has 1 fully saturated rings. The molecular weight excluding hydrogens is 222 g/mol. The fraction of sp³-hybridized carbons (Fsp3) is 0.333. The Balaban J connectivity index is 1.79. The fourth-order valence-electron chi connectivity index (χ4n) is 2.66. The third-order valence-corrected chi connectivity index (χ3v) is 3.64. The van der Waals surface area contributed by atoms with E-state index in [1.807, 2.05) is 6.20 Å². The van der Waals surface area contributed by atoms with Crippen LogP contribution in [0.2, 0.25) is 0 Å². The first-order chi connectivity index (χ1) is 8.84. The van der Waals surface area contributed by atoms with Crippen LogP contribution in [0, 0.1) is 6.92 Å². The predicted molar refractivity (Wildman–Crippen MR) is 74.9 cm³/mol. The summed E-state index contributed by atoms with van der Waals surface area (Å²) in [6.07, 6.45) is 2.02. The zero-order valence-electron chi connectivity index (χ0n) is 10.7. The lowest BCUT2D eigenvalue weighted by molar-refractivity contribution is 0.471. The molecule has 1 aromatic heterocycles. The number of hydrogen-bond acceptors (Lipinski definition) is 2. The van der Waals surface area contributed by atoms with Crippen LogP contribution in [-0.4, -0.2) is 24.6 Å². The summed E-state index contributed by atoms with van der Waals surface area (Å²) < 4.78 is 0. The van der Waals surface area contributed by atoms with E-state index < -0.39 is 0 Å². The van der Waals surface area contributed by atoms with Gasteiger partial charge in [0.25, 0.3) is 0 Å². The molecule has 0 bridgehead atoms. The van der Waals surface area contributed by atoms with Crippen molar-refractivity contribution in [3.05, 3.63) is 53.9 Å². The molecule has 3 heteroatoms. The van der Waals surface area contributed by atoms with Gasteiger partial charge in [-0.2, -0.15) is 0 Å². The molecule has 0 aliphatic carbocycles. The summed E-state index contributed by atoms with van der Waals surface area (Å²) in [6.45, 7) is 5.27. The first-order valence-electron chi connectivity index (χ1n) is 6.52. The van der Waals surface area contributed by atoms with E-state index in [1.165, 1.54) is 16.9 Å². The second kappa shape index (κ2) is 4.86. The van der Waals surface area contributed by atoms with Crippen LogP contribution in [0.3, 0.4) is 0 Å². The number of aromatic amines is 1. The number of piperazine rings is 1. The van der Waals surface area contributed by atoms with Crippen molar-refractivity contribution in [3.8, 4) is 0 Å². The van der Waals surface area contributed by atoms with E-state index in [4.69, 9.17) is 0 Å². The molecule has 0 saturated carbocycles. The van der Waals surface area contributed by atoms with E-state index in [9.17, 15) is 0 Å². The molecule has 0 radical (unpaired) electrons. The lowest BCUT2D eigenvalue weighted by atomic mass is 10.0. The average molecular weight is 241 g/mol. The molecule has 1 aliphatic heterocycles. The molecule has 0 amide bonds. The second-order valence-corrected chi connectivity index (χ2v) is 4.85. The maximum Gasteiger partial charge on any atom is 0.0575 e. The van der Waals surface area contributed by atoms with Crippen LogP contribution >= 0.6 is 0 Å². The van der Waals surface area contributed by atoms with E-state index in [0.717, 1.165) is 19.6 Å². The Labute approximate surface area is 108 Å². The molecule has 1 aliphatic rings. The Morgan fingerprint density at radius 1 is 1.17 bits per heavy atom. The van der Waals surface area contributed by atoms with Crippen molar-refractivity contribution >= 4 is 5.69 Å². The summed E-state index contributed by atoms with van der Waals surface area (Å²) in [6, 6.07) is 13.3. The van der Waals surface area contributed by atoms with Crippen LogP contribution in [0.15, 0.2) is 42.6 Å². The van der Waals surface area contributed by atoms with Gasteiger partial charge in [0.05, 0.1) is 5.69 Å². The molecular formula is C15H19N3. The molecule has 1 aromatic carbocycles. The van der Waals surface area contributed by atoms with Crippen molar-refractivity contribution in [1.29, 1.82) is 0 Å². The zero-order chi connectivity index (χ0) is 12.4. The second-order valence-electron chi connectivity index (χ2n) is 4.85. The molecule has 3 rings (SSSR count). The quantitative estimate of drug-likeness (QED) is 0.846. The highest BCUT2D eigenvalue weighted by atomic mass is 15.2. The summed E-state index contributed by atoms with van der Waals surface area (Å²) in [7, 11) is 0. The largest absolute Gasteiger partial charge is 0.367 e. The van der Waals surface area contributed by atoms with Crippen LogP contribution in [-0.2, 0) is 0 Å². The summed E-state index contributed by atoms with van der Waals surface area (Å²) in [5, 5.41) is 3.59. The Morgan fingerprint density at radius 2 is 2.00 bits per heavy atom. The molecule has 1 atom stereocenters. The number of nitrogens with zero attached hydrogens (tertiary/aromatic N) is 1. The number of hydrogen-bond donors (Lipinski definition) is 2. The van der Waals surface area contributed by atoms with E-state index in [2.05, 4.69) is 58.5 Å². The zero-order valence-corrected chi connectivity index (χ0v) is 10.7. The third-order valence-electron chi connectivity index (χ3n) is 3.64. The monoisotopic (exact) mass is 241 g/mol. The molecule has 2 heterocycles. The van der Waals surface area contributed by atoms with Crippen molar-refractivity contribution in [2.45, 2.75) is 13.0 Å². The van der Waals surface area contributed by atoms with Crippen molar-refractivity contribution in [3.63, 3.8) is 0 Å². The molecule has 2 aromatic rings. The molecule has 1 unspecified atom stereocenters. The van der Waals surface area contributed by atoms with Gasteiger partial charge >= 0.3 is 0 Å². The van der Waals surface area contributed by atoms with Crippen molar-refractivity contribution in [1.82, 2.24) is 10.3 Å². The molecule has 1 saturated heterocycles. The number of aryl methyl sites for hydroxylation is 1. The minimum Gasteiger partial charge on any atom is -0.367 e. The van der Waals surface area contributed by atoms with Crippen LogP contribution in [0.25, 0.3) is 0 Å². The first-order valence-corrected chi connectivity index (χ1v) is 6.52. The van der Waals surface area contributed by atoms with Crippen LogP contribution in [0.4, 0.5) is 5.69 Å². The minimum absolute atomic E-state index is 0.425. The van der Waals surface area contributed by atoms with Gasteiger partial charge in [-0.3, -0.25) is 0 Å². The SMILES string of the molecule is Cc1[nH]ccc1N1CCNC(c2ccccc2)C1. The number of anilines is 1. The van der Waals surface area contributed by atoms with Gasteiger partial charge in [-0.1, -0.05) is 30.3 Å². The van der Waals surface area contributed by atoms with Gasteiger partial charge in [0.15, 0.2) is 0 Å². The fourth-order valence-corrected chi connectivity index (χ4v) is 2.66. The predicted octanol–water partition coefficient (Wildman–Crippen LogP) is 2.47. The highest BCUT2D eigenvalue weighted by Gasteiger charge is 2.21. The van der Waals surface area contributed by atoms with Crippen LogP contribution in [0.5, 0.6) is 0 Å². The summed E-state index contributed by atoms with van der Waals surface area (Å²) in [4.78, 5) is 5.72. The lowest BCUT2D eigenvalue weighted by Crippen LogP contribution is -2.46. The number of aromatic nitrogens is 1. The van der Waals surface area contributed by atoms with E-state index >= 15 is 0 Å². The Hall–Kier alpha value is -1.74. The minimum atomic E-state index is 0.425. The molecule has 94 valence electrons. The van der Waals surface area contributed by atoms with Crippen molar-refractivity contribution in [2.75, 3.05) is 24.5 Å². The number of nitrogens with one attached hydrogen (secondary N) is 2. The first kappa shape index (κ1) is 11.4. The van der Waals surface area contributed by atoms with Crippen LogP contribution in [0.1, 0.15) is 17.3 Å². The lowest BCUT2D eigenvalue weighted by Gasteiger charge is -2.35. The van der Waals surface area contributed by atoms with E-state index in [0.29, 0.717) is 6.04 Å². The van der Waals surface area contributed by atoms with Gasteiger partial charge in [-0.05, 0) is 18.6 Å². The number of H-pyrrole nitrogens is 1. The van der Waals surface area contributed by atoms with E-state index in [1.54, 1.807) is 0 Å². The molecule has 18 heavy (non-hydrogen) atoms. The van der Waals surface area contributed by atoms with Gasteiger partial charge < -0.3 is 15.2 Å². The van der Waals surface area contributed by atoms with Crippen molar-refractivity contribution in [2.24, 2.45) is 0 Å². The average Bonchev–Trinajstić information content (AvgIpc) is 2.86. The van der Waals surface area contributed by atoms with Crippen molar-refractivity contribution < 1.29 is 0 Å². The summed E-state index contributed by atoms with van der Waals surface area (Å²) in [5.74, 6) is 0. The Morgan fingerprint density at radius 3 is 2.72 bits per heavy atom. The van der Waals surface area contributed by atoms with Crippen LogP contribution < -0.4 is 10.2 Å². The summed E-state index contributed by atoms with van der Waals surface area (Å²) >= 11 is 0. The highest BCUT2D eigenvalue weighted by Crippen LogP contribution is 2.24. The maximum absolute atomic E-state index is 3.59. The molecule has 0 spiro atoms. The topological polar surface area (TPSA) is 31.1 Å². The van der Waals surface area contributed by atoms with Gasteiger partial charge in [-0.25, -0.2) is 0 Å². The number of benzene rings is 1. The molecule has 2 N–H and O–H groups in total. The Kier molecular flexibility index (Phi) is 3.07. The van der Waals surface area contributed by atoms with Gasteiger partial charge in [0.1, 0.15) is 0 Å². The van der Waals surface area contributed by atoms with E-state index in [-0.39, 0.29) is 0 Å². The molecule has 3 nitrogen and oxygen atoms in total. The van der Waals surface area contributed by atoms with Gasteiger partial charge in [0, 0.05) is 37.6 Å². The standard InChI is InChI=1S/C15H19N3/c1-12-15(7-8-16-12)18-10-9-17-14(11-18)13-5-3-2-4-6-13/h2-8,14,16-17H,9-11H2,1H3. The smallest absolute Gasteiger partial charge is 0.0575 e.